The summed E-state index contributed by atoms with van der Waals surface area (Å²) in [7, 11) is 0. The zero-order valence-electron chi connectivity index (χ0n) is 21.9. The maximum Gasteiger partial charge on any atom is 0.147 e. The number of para-hydroxylation sites is 4. The van der Waals surface area contributed by atoms with Crippen molar-refractivity contribution in [3.63, 3.8) is 0 Å². The van der Waals surface area contributed by atoms with Gasteiger partial charge in [0.2, 0.25) is 0 Å². The molecule has 0 N–H and O–H groups in total. The van der Waals surface area contributed by atoms with Crippen molar-refractivity contribution in [2.24, 2.45) is 0 Å². The molecule has 0 bridgehead atoms. The van der Waals surface area contributed by atoms with Gasteiger partial charge >= 0.3 is 0 Å². The van der Waals surface area contributed by atoms with Crippen LogP contribution in [-0.4, -0.2) is 9.55 Å². The van der Waals surface area contributed by atoms with Crippen molar-refractivity contribution in [3.05, 3.63) is 133 Å². The van der Waals surface area contributed by atoms with Crippen LogP contribution < -0.4 is 0 Å². The van der Waals surface area contributed by atoms with Gasteiger partial charge in [0.25, 0.3) is 0 Å². The maximum absolute atomic E-state index is 6.50. The largest absolute Gasteiger partial charge is 0.455 e. The van der Waals surface area contributed by atoms with Gasteiger partial charge in [-0.25, -0.2) is 4.98 Å². The summed E-state index contributed by atoms with van der Waals surface area (Å²) in [5, 5.41) is 4.26. The molecule has 0 saturated carbocycles. The minimum absolute atomic E-state index is 0.837. The summed E-state index contributed by atoms with van der Waals surface area (Å²) in [5.41, 5.74) is 9.73. The molecular formula is C37H22N2O2. The molecule has 9 aromatic rings. The van der Waals surface area contributed by atoms with E-state index < -0.39 is 0 Å². The molecule has 4 nitrogen and oxygen atoms in total. The molecule has 4 heteroatoms. The SMILES string of the molecule is c1ccc(-c2nc3ccccc3n2-c2ccc(-c3cc4c5ccccc5oc4c4c3oc3ccccc34)cc2)cc1. The van der Waals surface area contributed by atoms with Gasteiger partial charge in [0, 0.05) is 33.0 Å². The maximum atomic E-state index is 6.50. The topological polar surface area (TPSA) is 44.1 Å². The predicted octanol–water partition coefficient (Wildman–Crippen LogP) is 10.2. The number of benzene rings is 6. The highest BCUT2D eigenvalue weighted by molar-refractivity contribution is 6.25. The highest BCUT2D eigenvalue weighted by atomic mass is 16.3. The van der Waals surface area contributed by atoms with E-state index in [0.29, 0.717) is 0 Å². The minimum Gasteiger partial charge on any atom is -0.455 e. The van der Waals surface area contributed by atoms with Crippen molar-refractivity contribution in [1.82, 2.24) is 9.55 Å². The monoisotopic (exact) mass is 526 g/mol. The fourth-order valence-corrected chi connectivity index (χ4v) is 6.14. The third-order valence-electron chi connectivity index (χ3n) is 8.02. The van der Waals surface area contributed by atoms with Crippen LogP contribution in [0.1, 0.15) is 0 Å². The second kappa shape index (κ2) is 8.44. The van der Waals surface area contributed by atoms with Gasteiger partial charge in [0.15, 0.2) is 0 Å². The van der Waals surface area contributed by atoms with Crippen LogP contribution in [0.4, 0.5) is 0 Å². The van der Waals surface area contributed by atoms with Crippen LogP contribution in [-0.2, 0) is 0 Å². The Morgan fingerprint density at radius 2 is 1.17 bits per heavy atom. The Kier molecular flexibility index (Phi) is 4.58. The van der Waals surface area contributed by atoms with E-state index in [1.54, 1.807) is 0 Å². The van der Waals surface area contributed by atoms with Gasteiger partial charge in [-0.2, -0.15) is 0 Å². The van der Waals surface area contributed by atoms with E-state index in [4.69, 9.17) is 13.8 Å². The smallest absolute Gasteiger partial charge is 0.147 e. The van der Waals surface area contributed by atoms with Gasteiger partial charge < -0.3 is 8.83 Å². The molecule has 41 heavy (non-hydrogen) atoms. The molecule has 0 aliphatic carbocycles. The van der Waals surface area contributed by atoms with Gasteiger partial charge in [-0.05, 0) is 48.0 Å². The van der Waals surface area contributed by atoms with E-state index in [1.165, 1.54) is 0 Å². The van der Waals surface area contributed by atoms with Crippen molar-refractivity contribution in [2.75, 3.05) is 0 Å². The molecule has 0 saturated heterocycles. The Morgan fingerprint density at radius 3 is 2.00 bits per heavy atom. The third-order valence-corrected chi connectivity index (χ3v) is 8.02. The van der Waals surface area contributed by atoms with Gasteiger partial charge in [-0.3, -0.25) is 4.57 Å². The van der Waals surface area contributed by atoms with Crippen LogP contribution in [0.2, 0.25) is 0 Å². The zero-order valence-corrected chi connectivity index (χ0v) is 21.9. The molecular weight excluding hydrogens is 504 g/mol. The molecule has 0 aliphatic heterocycles. The zero-order chi connectivity index (χ0) is 26.9. The molecule has 0 aliphatic rings. The molecule has 0 spiro atoms. The summed E-state index contributed by atoms with van der Waals surface area (Å²) in [4.78, 5) is 5.00. The van der Waals surface area contributed by atoms with Crippen LogP contribution in [0.15, 0.2) is 142 Å². The molecule has 3 aromatic heterocycles. The van der Waals surface area contributed by atoms with E-state index in [9.17, 15) is 0 Å². The second-order valence-corrected chi connectivity index (χ2v) is 10.4. The Hall–Kier alpha value is -5.61. The summed E-state index contributed by atoms with van der Waals surface area (Å²) < 4.78 is 15.2. The quantitative estimate of drug-likeness (QED) is 0.230. The number of furan rings is 2. The van der Waals surface area contributed by atoms with Crippen LogP contribution in [0.25, 0.3) is 83.1 Å². The highest BCUT2D eigenvalue weighted by Gasteiger charge is 2.21. The summed E-state index contributed by atoms with van der Waals surface area (Å²) in [6.45, 7) is 0. The number of imidazole rings is 1. The summed E-state index contributed by atoms with van der Waals surface area (Å²) in [5.74, 6) is 0.922. The molecule has 0 radical (unpaired) electrons. The van der Waals surface area contributed by atoms with Crippen molar-refractivity contribution in [1.29, 1.82) is 0 Å². The van der Waals surface area contributed by atoms with Crippen LogP contribution in [0, 0.1) is 0 Å². The van der Waals surface area contributed by atoms with Gasteiger partial charge in [-0.1, -0.05) is 91.0 Å². The number of fused-ring (bicyclic) bond motifs is 8. The summed E-state index contributed by atoms with van der Waals surface area (Å²) >= 11 is 0. The lowest BCUT2D eigenvalue weighted by Crippen LogP contribution is -1.97. The third kappa shape index (κ3) is 3.25. The molecule has 0 fully saturated rings. The Morgan fingerprint density at radius 1 is 0.512 bits per heavy atom. The summed E-state index contributed by atoms with van der Waals surface area (Å²) in [6, 6.07) is 45.9. The standard InChI is InChI=1S/C37H22N2O2/c1-2-10-24(11-3-1)37-38-30-14-6-7-15-31(30)39(37)25-20-18-23(19-21-25)28-22-29-26-12-4-8-16-32(26)40-36(29)34-27-13-5-9-17-33(27)41-35(28)34/h1-22H. The minimum atomic E-state index is 0.837. The lowest BCUT2D eigenvalue weighted by molar-refractivity contribution is 0.663. The highest BCUT2D eigenvalue weighted by Crippen LogP contribution is 2.44. The fraction of sp³-hybridized carbons (Fsp3) is 0. The van der Waals surface area contributed by atoms with Crippen molar-refractivity contribution in [2.45, 2.75) is 0 Å². The lowest BCUT2D eigenvalue weighted by atomic mass is 9.98. The van der Waals surface area contributed by atoms with E-state index in [-0.39, 0.29) is 0 Å². The van der Waals surface area contributed by atoms with Crippen molar-refractivity contribution >= 4 is 54.9 Å². The Bertz CT molecular complexity index is 2410. The van der Waals surface area contributed by atoms with Crippen LogP contribution in [0.3, 0.4) is 0 Å². The summed E-state index contributed by atoms with van der Waals surface area (Å²) in [6.07, 6.45) is 0. The van der Waals surface area contributed by atoms with Crippen molar-refractivity contribution < 1.29 is 8.83 Å². The first kappa shape index (κ1) is 22.2. The molecule has 6 aromatic carbocycles. The van der Waals surface area contributed by atoms with Gasteiger partial charge in [0.05, 0.1) is 16.4 Å². The number of rotatable bonds is 3. The second-order valence-electron chi connectivity index (χ2n) is 10.4. The first-order chi connectivity index (χ1) is 20.3. The molecule has 0 atom stereocenters. The number of hydrogen-bond donors (Lipinski definition) is 0. The Labute approximate surface area is 234 Å². The number of hydrogen-bond acceptors (Lipinski definition) is 3. The molecule has 3 heterocycles. The predicted molar refractivity (Wildman–Crippen MR) is 166 cm³/mol. The molecule has 9 rings (SSSR count). The van der Waals surface area contributed by atoms with E-state index in [2.05, 4.69) is 95.6 Å². The average molecular weight is 527 g/mol. The average Bonchev–Trinajstić information content (AvgIpc) is 3.72. The van der Waals surface area contributed by atoms with Crippen molar-refractivity contribution in [3.8, 4) is 28.2 Å². The molecule has 192 valence electrons. The van der Waals surface area contributed by atoms with E-state index in [0.717, 1.165) is 83.1 Å². The fourth-order valence-electron chi connectivity index (χ4n) is 6.14. The van der Waals surface area contributed by atoms with E-state index in [1.807, 2.05) is 42.5 Å². The van der Waals surface area contributed by atoms with Crippen LogP contribution >= 0.6 is 0 Å². The van der Waals surface area contributed by atoms with Crippen LogP contribution in [0.5, 0.6) is 0 Å². The number of aromatic nitrogens is 2. The Balaban J connectivity index is 1.29. The first-order valence-corrected chi connectivity index (χ1v) is 13.7. The van der Waals surface area contributed by atoms with E-state index >= 15 is 0 Å². The van der Waals surface area contributed by atoms with Gasteiger partial charge in [-0.15, -0.1) is 0 Å². The molecule has 0 unspecified atom stereocenters. The normalized spacial score (nSPS) is 11.9. The number of nitrogens with zero attached hydrogens (tertiary/aromatic N) is 2. The van der Waals surface area contributed by atoms with Gasteiger partial charge in [0.1, 0.15) is 28.2 Å². The lowest BCUT2D eigenvalue weighted by Gasteiger charge is -2.11. The first-order valence-electron chi connectivity index (χ1n) is 13.7. The molecule has 0 amide bonds.